The summed E-state index contributed by atoms with van der Waals surface area (Å²) < 4.78 is 1.95. The fourth-order valence-corrected chi connectivity index (χ4v) is 3.14. The van der Waals surface area contributed by atoms with Crippen molar-refractivity contribution in [2.45, 2.75) is 26.2 Å². The molecule has 112 valence electrons. The van der Waals surface area contributed by atoms with E-state index in [1.54, 1.807) is 11.3 Å². The third kappa shape index (κ3) is 3.52. The molecule has 0 fully saturated rings. The molecule has 4 heteroatoms. The molecular weight excluding hydrogens is 290 g/mol. The Hall–Kier alpha value is -2.20. The summed E-state index contributed by atoms with van der Waals surface area (Å²) in [5, 5.41) is 5.89. The minimum atomic E-state index is 0.920. The van der Waals surface area contributed by atoms with E-state index in [2.05, 4.69) is 19.1 Å². The van der Waals surface area contributed by atoms with Crippen molar-refractivity contribution in [1.29, 1.82) is 0 Å². The van der Waals surface area contributed by atoms with Crippen LogP contribution in [-0.2, 0) is 6.42 Å². The van der Waals surface area contributed by atoms with Crippen molar-refractivity contribution in [2.75, 3.05) is 0 Å². The van der Waals surface area contributed by atoms with Gasteiger partial charge in [0.25, 0.3) is 0 Å². The first-order chi connectivity index (χ1) is 10.9. The van der Waals surface area contributed by atoms with Crippen LogP contribution in [0.2, 0.25) is 0 Å². The molecule has 0 amide bonds. The molecule has 0 saturated heterocycles. The van der Waals surface area contributed by atoms with Gasteiger partial charge in [0.1, 0.15) is 5.01 Å². The average Bonchev–Trinajstić information content (AvgIpc) is 2.97. The first-order valence-electron chi connectivity index (χ1n) is 7.61. The van der Waals surface area contributed by atoms with Crippen LogP contribution in [-0.4, -0.2) is 9.78 Å². The zero-order valence-electron chi connectivity index (χ0n) is 12.6. The second-order valence-corrected chi connectivity index (χ2v) is 6.12. The third-order valence-corrected chi connectivity index (χ3v) is 4.30. The van der Waals surface area contributed by atoms with Crippen LogP contribution in [0.5, 0.6) is 0 Å². The highest BCUT2D eigenvalue weighted by Crippen LogP contribution is 2.13. The van der Waals surface area contributed by atoms with Crippen LogP contribution >= 0.6 is 11.3 Å². The Balaban J connectivity index is 2.07. The smallest absolute Gasteiger partial charge is 0.213 e. The van der Waals surface area contributed by atoms with E-state index in [0.29, 0.717) is 0 Å². The number of para-hydroxylation sites is 2. The maximum Gasteiger partial charge on any atom is 0.213 e. The molecule has 0 saturated carbocycles. The lowest BCUT2D eigenvalue weighted by molar-refractivity contribution is 0.747. The predicted octanol–water partition coefficient (Wildman–Crippen LogP) is 4.51. The molecule has 0 unspecified atom stereocenters. The van der Waals surface area contributed by atoms with Crippen LogP contribution in [0, 0.1) is 0 Å². The highest BCUT2D eigenvalue weighted by atomic mass is 32.1. The third-order valence-electron chi connectivity index (χ3n) is 3.33. The van der Waals surface area contributed by atoms with Gasteiger partial charge < -0.3 is 0 Å². The van der Waals surface area contributed by atoms with Crippen molar-refractivity contribution in [3.05, 3.63) is 70.5 Å². The lowest BCUT2D eigenvalue weighted by atomic mass is 10.3. The fourth-order valence-electron chi connectivity index (χ4n) is 2.17. The number of aryl methyl sites for hydroxylation is 1. The van der Waals surface area contributed by atoms with E-state index in [-0.39, 0.29) is 0 Å². The Kier molecular flexibility index (Phi) is 4.81. The lowest BCUT2D eigenvalue weighted by Crippen LogP contribution is -2.13. The molecule has 1 heterocycles. The number of nitrogens with zero attached hydrogens (tertiary/aromatic N) is 3. The highest BCUT2D eigenvalue weighted by molar-refractivity contribution is 7.08. The van der Waals surface area contributed by atoms with Crippen molar-refractivity contribution in [3.8, 4) is 5.69 Å². The van der Waals surface area contributed by atoms with Crippen molar-refractivity contribution >= 4 is 17.0 Å². The van der Waals surface area contributed by atoms with E-state index in [4.69, 9.17) is 10.1 Å². The van der Waals surface area contributed by atoms with Gasteiger partial charge in [-0.15, -0.1) is 0 Å². The maximum atomic E-state index is 4.77. The summed E-state index contributed by atoms with van der Waals surface area (Å²) in [6.45, 7) is 2.20. The largest absolute Gasteiger partial charge is 0.220 e. The van der Waals surface area contributed by atoms with E-state index < -0.39 is 0 Å². The normalized spacial score (nSPS) is 11.8. The van der Waals surface area contributed by atoms with Gasteiger partial charge in [0.15, 0.2) is 0 Å². The summed E-state index contributed by atoms with van der Waals surface area (Å²) in [4.78, 5) is 5.69. The molecular formula is C18H19N3S. The summed E-state index contributed by atoms with van der Waals surface area (Å²) in [5.74, 6) is 0. The number of rotatable bonds is 5. The van der Waals surface area contributed by atoms with E-state index in [0.717, 1.165) is 34.0 Å². The topological polar surface area (TPSA) is 30.2 Å². The Bertz CT molecular complexity index is 773. The molecule has 0 bridgehead atoms. The molecule has 0 aliphatic carbocycles. The summed E-state index contributed by atoms with van der Waals surface area (Å²) in [5.41, 5.74) is 2.01. The van der Waals surface area contributed by atoms with Gasteiger partial charge in [-0.3, -0.25) is 0 Å². The Morgan fingerprint density at radius 1 is 1.00 bits per heavy atom. The first-order valence-corrected chi connectivity index (χ1v) is 8.42. The van der Waals surface area contributed by atoms with Crippen molar-refractivity contribution in [3.63, 3.8) is 0 Å². The molecule has 3 rings (SSSR count). The summed E-state index contributed by atoms with van der Waals surface area (Å²) in [7, 11) is 0. The maximum absolute atomic E-state index is 4.77. The summed E-state index contributed by atoms with van der Waals surface area (Å²) in [6, 6.07) is 20.2. The molecule has 0 aliphatic rings. The zero-order valence-corrected chi connectivity index (χ0v) is 13.5. The molecule has 0 atom stereocenters. The quantitative estimate of drug-likeness (QED) is 0.682. The number of aromatic nitrogens is 2. The Morgan fingerprint density at radius 3 is 2.36 bits per heavy atom. The minimum Gasteiger partial charge on any atom is -0.220 e. The van der Waals surface area contributed by atoms with E-state index >= 15 is 0 Å². The monoisotopic (exact) mass is 309 g/mol. The van der Waals surface area contributed by atoms with Crippen LogP contribution in [0.4, 0.5) is 5.69 Å². The van der Waals surface area contributed by atoms with Crippen molar-refractivity contribution < 1.29 is 0 Å². The standard InChI is InChI=1S/C18H19N3S/c1-2-3-14-17-20-21(16-12-8-5-9-13-16)18(22-17)19-15-10-6-4-7-11-15/h4-13H,2-3,14H2,1H3. The van der Waals surface area contributed by atoms with Crippen molar-refractivity contribution in [2.24, 2.45) is 4.99 Å². The Labute approximate surface area is 134 Å². The van der Waals surface area contributed by atoms with Gasteiger partial charge in [0, 0.05) is 6.42 Å². The summed E-state index contributed by atoms with van der Waals surface area (Å²) >= 11 is 1.67. The SMILES string of the molecule is CCCCc1nn(-c2ccccc2)c(=Nc2ccccc2)s1. The highest BCUT2D eigenvalue weighted by Gasteiger charge is 2.06. The second kappa shape index (κ2) is 7.18. The minimum absolute atomic E-state index is 0.920. The van der Waals surface area contributed by atoms with Crippen LogP contribution in [0.15, 0.2) is 65.7 Å². The second-order valence-electron chi connectivity index (χ2n) is 5.08. The van der Waals surface area contributed by atoms with Crippen LogP contribution in [0.25, 0.3) is 5.69 Å². The number of unbranched alkanes of at least 4 members (excludes halogenated alkanes) is 1. The van der Waals surface area contributed by atoms with Crippen LogP contribution < -0.4 is 4.80 Å². The molecule has 3 nitrogen and oxygen atoms in total. The van der Waals surface area contributed by atoms with Gasteiger partial charge in [-0.05, 0) is 30.7 Å². The number of hydrogen-bond acceptors (Lipinski definition) is 3. The summed E-state index contributed by atoms with van der Waals surface area (Å²) in [6.07, 6.45) is 3.35. The lowest BCUT2D eigenvalue weighted by Gasteiger charge is -2.00. The van der Waals surface area contributed by atoms with Gasteiger partial charge in [0.2, 0.25) is 4.80 Å². The molecule has 0 aliphatic heterocycles. The van der Waals surface area contributed by atoms with Gasteiger partial charge in [-0.1, -0.05) is 61.1 Å². The Morgan fingerprint density at radius 2 is 1.68 bits per heavy atom. The molecule has 0 radical (unpaired) electrons. The van der Waals surface area contributed by atoms with E-state index in [1.807, 2.05) is 53.2 Å². The molecule has 22 heavy (non-hydrogen) atoms. The molecule has 0 N–H and O–H groups in total. The van der Waals surface area contributed by atoms with Gasteiger partial charge in [-0.2, -0.15) is 5.10 Å². The van der Waals surface area contributed by atoms with Gasteiger partial charge in [-0.25, -0.2) is 9.67 Å². The first kappa shape index (κ1) is 14.7. The molecule has 2 aromatic carbocycles. The van der Waals surface area contributed by atoms with E-state index in [9.17, 15) is 0 Å². The molecule has 0 spiro atoms. The van der Waals surface area contributed by atoms with Crippen molar-refractivity contribution in [1.82, 2.24) is 9.78 Å². The molecule has 3 aromatic rings. The molecule has 1 aromatic heterocycles. The van der Waals surface area contributed by atoms with Gasteiger partial charge in [0.05, 0.1) is 11.4 Å². The number of benzene rings is 2. The van der Waals surface area contributed by atoms with Gasteiger partial charge >= 0.3 is 0 Å². The van der Waals surface area contributed by atoms with Crippen LogP contribution in [0.1, 0.15) is 24.8 Å². The number of hydrogen-bond donors (Lipinski definition) is 0. The zero-order chi connectivity index (χ0) is 15.2. The fraction of sp³-hybridized carbons (Fsp3) is 0.222. The average molecular weight is 309 g/mol. The van der Waals surface area contributed by atoms with Crippen LogP contribution in [0.3, 0.4) is 0 Å². The predicted molar refractivity (Wildman–Crippen MR) is 91.7 cm³/mol. The van der Waals surface area contributed by atoms with E-state index in [1.165, 1.54) is 6.42 Å².